The van der Waals surface area contributed by atoms with Crippen molar-refractivity contribution in [2.75, 3.05) is 32.2 Å². The second-order valence-corrected chi connectivity index (χ2v) is 7.22. The summed E-state index contributed by atoms with van der Waals surface area (Å²) in [4.78, 5) is 14.9. The molecule has 2 aliphatic heterocycles. The summed E-state index contributed by atoms with van der Waals surface area (Å²) < 4.78 is 25.1. The standard InChI is InChI=1S/C21H23FN2O3/c1-13-7-8-15(9-18(13)22)23-21(25)24-10-14(11-26-2)17-12-27-19-6-4-3-5-16(19)20(17)24/h3-9,14,17,20H,10-12H2,1-2H3,(H,23,25)/t14-,17-,20-/m0/s1. The highest BCUT2D eigenvalue weighted by Crippen LogP contribution is 2.47. The van der Waals surface area contributed by atoms with Gasteiger partial charge in [-0.25, -0.2) is 9.18 Å². The number of methoxy groups -OCH3 is 1. The van der Waals surface area contributed by atoms with Crippen molar-refractivity contribution in [2.24, 2.45) is 11.8 Å². The molecule has 0 aliphatic carbocycles. The summed E-state index contributed by atoms with van der Waals surface area (Å²) in [5.41, 5.74) is 2.01. The zero-order valence-corrected chi connectivity index (χ0v) is 15.4. The van der Waals surface area contributed by atoms with Crippen LogP contribution in [0.25, 0.3) is 0 Å². The fourth-order valence-electron chi connectivity index (χ4n) is 4.12. The summed E-state index contributed by atoms with van der Waals surface area (Å²) >= 11 is 0. The van der Waals surface area contributed by atoms with Crippen molar-refractivity contribution in [1.82, 2.24) is 4.90 Å². The number of carbonyl (C=O) groups is 1. The summed E-state index contributed by atoms with van der Waals surface area (Å²) in [6, 6.07) is 12.2. The van der Waals surface area contributed by atoms with Gasteiger partial charge in [0, 0.05) is 36.7 Å². The van der Waals surface area contributed by atoms with Gasteiger partial charge < -0.3 is 19.7 Å². The van der Waals surface area contributed by atoms with Crippen LogP contribution in [0, 0.1) is 24.6 Å². The number of halogens is 1. The van der Waals surface area contributed by atoms with E-state index in [-0.39, 0.29) is 29.7 Å². The van der Waals surface area contributed by atoms with Crippen molar-refractivity contribution in [3.8, 4) is 5.75 Å². The summed E-state index contributed by atoms with van der Waals surface area (Å²) in [5.74, 6) is 0.839. The Hall–Kier alpha value is -2.60. The molecule has 1 fully saturated rings. The minimum Gasteiger partial charge on any atom is -0.493 e. The number of hydrogen-bond acceptors (Lipinski definition) is 3. The summed E-state index contributed by atoms with van der Waals surface area (Å²) in [6.07, 6.45) is 0. The lowest BCUT2D eigenvalue weighted by molar-refractivity contribution is 0.100. The zero-order chi connectivity index (χ0) is 19.0. The molecule has 1 N–H and O–H groups in total. The highest BCUT2D eigenvalue weighted by atomic mass is 19.1. The molecule has 0 aromatic heterocycles. The van der Waals surface area contributed by atoms with E-state index in [1.807, 2.05) is 29.2 Å². The van der Waals surface area contributed by atoms with Crippen LogP contribution in [0.15, 0.2) is 42.5 Å². The Morgan fingerprint density at radius 3 is 2.93 bits per heavy atom. The number of ether oxygens (including phenoxy) is 2. The second kappa shape index (κ2) is 7.19. The van der Waals surface area contributed by atoms with E-state index in [9.17, 15) is 9.18 Å². The molecule has 0 unspecified atom stereocenters. The van der Waals surface area contributed by atoms with E-state index >= 15 is 0 Å². The topological polar surface area (TPSA) is 50.8 Å². The fraction of sp³-hybridized carbons (Fsp3) is 0.381. The molecule has 0 saturated carbocycles. The Balaban J connectivity index is 1.62. The first-order valence-corrected chi connectivity index (χ1v) is 9.13. The predicted molar refractivity (Wildman–Crippen MR) is 100 cm³/mol. The van der Waals surface area contributed by atoms with Crippen molar-refractivity contribution >= 4 is 11.7 Å². The third-order valence-electron chi connectivity index (χ3n) is 5.51. The quantitative estimate of drug-likeness (QED) is 0.889. The maximum absolute atomic E-state index is 13.8. The van der Waals surface area contributed by atoms with Crippen LogP contribution in [0.1, 0.15) is 17.2 Å². The molecule has 27 heavy (non-hydrogen) atoms. The van der Waals surface area contributed by atoms with Gasteiger partial charge in [-0.05, 0) is 30.7 Å². The van der Waals surface area contributed by atoms with E-state index in [0.29, 0.717) is 31.0 Å². The molecule has 2 heterocycles. The number of rotatable bonds is 3. The average molecular weight is 370 g/mol. The number of nitrogens with one attached hydrogen (secondary N) is 1. The molecule has 2 aromatic carbocycles. The first kappa shape index (κ1) is 17.8. The molecule has 4 rings (SSSR count). The smallest absolute Gasteiger partial charge is 0.322 e. The average Bonchev–Trinajstić information content (AvgIpc) is 3.04. The Morgan fingerprint density at radius 1 is 1.33 bits per heavy atom. The number of para-hydroxylation sites is 1. The number of likely N-dealkylation sites (tertiary alicyclic amines) is 1. The van der Waals surface area contributed by atoms with E-state index < -0.39 is 0 Å². The summed E-state index contributed by atoms with van der Waals surface area (Å²) in [7, 11) is 1.67. The minimum absolute atomic E-state index is 0.0783. The Bertz CT molecular complexity index is 857. The largest absolute Gasteiger partial charge is 0.493 e. The molecule has 2 amide bonds. The van der Waals surface area contributed by atoms with Gasteiger partial charge in [0.15, 0.2) is 0 Å². The van der Waals surface area contributed by atoms with Gasteiger partial charge in [0.25, 0.3) is 0 Å². The highest BCUT2D eigenvalue weighted by Gasteiger charge is 2.48. The monoisotopic (exact) mass is 370 g/mol. The Morgan fingerprint density at radius 2 is 2.15 bits per heavy atom. The number of fused-ring (bicyclic) bond motifs is 3. The van der Waals surface area contributed by atoms with Crippen LogP contribution in [-0.2, 0) is 4.74 Å². The van der Waals surface area contributed by atoms with Gasteiger partial charge in [0.2, 0.25) is 0 Å². The fourth-order valence-corrected chi connectivity index (χ4v) is 4.12. The van der Waals surface area contributed by atoms with Gasteiger partial charge in [-0.15, -0.1) is 0 Å². The number of hydrogen-bond donors (Lipinski definition) is 1. The molecule has 3 atom stereocenters. The molecule has 2 aliphatic rings. The number of amides is 2. The van der Waals surface area contributed by atoms with Gasteiger partial charge >= 0.3 is 6.03 Å². The first-order valence-electron chi connectivity index (χ1n) is 9.13. The van der Waals surface area contributed by atoms with E-state index in [4.69, 9.17) is 9.47 Å². The van der Waals surface area contributed by atoms with Crippen molar-refractivity contribution in [2.45, 2.75) is 13.0 Å². The summed E-state index contributed by atoms with van der Waals surface area (Å²) in [6.45, 7) is 3.38. The zero-order valence-electron chi connectivity index (χ0n) is 15.4. The van der Waals surface area contributed by atoms with Crippen molar-refractivity contribution in [3.63, 3.8) is 0 Å². The van der Waals surface area contributed by atoms with Crippen LogP contribution in [0.3, 0.4) is 0 Å². The molecule has 5 nitrogen and oxygen atoms in total. The number of benzene rings is 2. The highest BCUT2D eigenvalue weighted by molar-refractivity contribution is 5.90. The third-order valence-corrected chi connectivity index (χ3v) is 5.51. The normalized spacial score (nSPS) is 23.4. The molecule has 2 aromatic rings. The van der Waals surface area contributed by atoms with Crippen LogP contribution >= 0.6 is 0 Å². The van der Waals surface area contributed by atoms with E-state index in [0.717, 1.165) is 11.3 Å². The molecule has 6 heteroatoms. The van der Waals surface area contributed by atoms with Gasteiger partial charge in [-0.2, -0.15) is 0 Å². The van der Waals surface area contributed by atoms with Crippen molar-refractivity contribution < 1.29 is 18.7 Å². The molecule has 0 spiro atoms. The molecule has 142 valence electrons. The number of anilines is 1. The molecular formula is C21H23FN2O3. The van der Waals surface area contributed by atoms with Crippen molar-refractivity contribution in [1.29, 1.82) is 0 Å². The van der Waals surface area contributed by atoms with Crippen LogP contribution in [-0.4, -0.2) is 37.8 Å². The lowest BCUT2D eigenvalue weighted by atomic mass is 9.86. The number of nitrogens with zero attached hydrogens (tertiary/aromatic N) is 1. The molecule has 1 saturated heterocycles. The van der Waals surface area contributed by atoms with Gasteiger partial charge in [0.05, 0.1) is 19.3 Å². The molecule has 0 bridgehead atoms. The SMILES string of the molecule is COC[C@@H]1CN(C(=O)Nc2ccc(C)c(F)c2)[C@H]2c3ccccc3OC[C@@H]12. The van der Waals surface area contributed by atoms with Gasteiger partial charge in [-0.1, -0.05) is 24.3 Å². The van der Waals surface area contributed by atoms with Gasteiger partial charge in [-0.3, -0.25) is 0 Å². The first-order chi connectivity index (χ1) is 13.1. The van der Waals surface area contributed by atoms with Gasteiger partial charge in [0.1, 0.15) is 11.6 Å². The van der Waals surface area contributed by atoms with Crippen LogP contribution in [0.4, 0.5) is 14.9 Å². The van der Waals surface area contributed by atoms with Crippen LogP contribution < -0.4 is 10.1 Å². The number of carbonyl (C=O) groups excluding carboxylic acids is 1. The van der Waals surface area contributed by atoms with E-state index in [2.05, 4.69) is 5.32 Å². The minimum atomic E-state index is -0.333. The lowest BCUT2D eigenvalue weighted by Crippen LogP contribution is -2.38. The Kier molecular flexibility index (Phi) is 4.74. The maximum atomic E-state index is 13.8. The Labute approximate surface area is 158 Å². The van der Waals surface area contributed by atoms with E-state index in [1.165, 1.54) is 6.07 Å². The second-order valence-electron chi connectivity index (χ2n) is 7.22. The van der Waals surface area contributed by atoms with Crippen LogP contribution in [0.5, 0.6) is 5.75 Å². The maximum Gasteiger partial charge on any atom is 0.322 e. The summed E-state index contributed by atoms with van der Waals surface area (Å²) in [5, 5.41) is 2.84. The van der Waals surface area contributed by atoms with E-state index in [1.54, 1.807) is 26.2 Å². The molecule has 0 radical (unpaired) electrons. The third kappa shape index (κ3) is 3.25. The lowest BCUT2D eigenvalue weighted by Gasteiger charge is -2.34. The van der Waals surface area contributed by atoms with Crippen LogP contribution in [0.2, 0.25) is 0 Å². The number of aryl methyl sites for hydroxylation is 1. The number of urea groups is 1. The predicted octanol–water partition coefficient (Wildman–Crippen LogP) is 3.99. The van der Waals surface area contributed by atoms with Crippen molar-refractivity contribution in [3.05, 3.63) is 59.4 Å². The molecular weight excluding hydrogens is 347 g/mol.